The first kappa shape index (κ1) is 36.2. The first-order chi connectivity index (χ1) is 23.6. The number of ether oxygens (including phenoxy) is 9. The Kier molecular flexibility index (Phi) is 13.3. The summed E-state index contributed by atoms with van der Waals surface area (Å²) < 4.78 is 50.8. The summed E-state index contributed by atoms with van der Waals surface area (Å²) >= 11 is 0. The van der Waals surface area contributed by atoms with Gasteiger partial charge in [-0.15, -0.1) is 0 Å². The summed E-state index contributed by atoms with van der Waals surface area (Å²) in [4.78, 5) is 2.56. The number of piperidine rings is 1. The minimum atomic E-state index is -0.909. The highest BCUT2D eigenvalue weighted by Crippen LogP contribution is 2.65. The quantitative estimate of drug-likeness (QED) is 0.156. The number of hydrogen-bond acceptors (Lipinski definition) is 12. The summed E-state index contributed by atoms with van der Waals surface area (Å²) in [5.74, 6) is 2.13. The fourth-order valence-corrected chi connectivity index (χ4v) is 8.49. The van der Waals surface area contributed by atoms with Crippen LogP contribution in [0.4, 0.5) is 0 Å². The van der Waals surface area contributed by atoms with E-state index >= 15 is 0 Å². The van der Waals surface area contributed by atoms with Crippen molar-refractivity contribution in [3.63, 3.8) is 0 Å². The Morgan fingerprint density at radius 2 is 1.35 bits per heavy atom. The average Bonchev–Trinajstić information content (AvgIpc) is 3.43. The minimum absolute atomic E-state index is 0.0607. The van der Waals surface area contributed by atoms with Crippen LogP contribution < -0.4 is 9.47 Å². The van der Waals surface area contributed by atoms with E-state index in [9.17, 15) is 10.2 Å². The lowest BCUT2D eigenvalue weighted by Gasteiger charge is -2.64. The smallest absolute Gasteiger partial charge is 0.166 e. The molecule has 12 heteroatoms. The van der Waals surface area contributed by atoms with Gasteiger partial charge in [0, 0.05) is 25.3 Å². The molecule has 48 heavy (non-hydrogen) atoms. The molecular formula is C36H57NO11. The second-order valence-electron chi connectivity index (χ2n) is 13.7. The van der Waals surface area contributed by atoms with Crippen molar-refractivity contribution in [3.05, 3.63) is 23.3 Å². The van der Waals surface area contributed by atoms with Gasteiger partial charge < -0.3 is 52.8 Å². The topological polar surface area (TPSA) is 127 Å². The van der Waals surface area contributed by atoms with Crippen LogP contribution >= 0.6 is 0 Å². The third-order valence-corrected chi connectivity index (χ3v) is 11.0. The molecule has 6 rings (SSSR count). The van der Waals surface area contributed by atoms with E-state index in [4.69, 9.17) is 42.6 Å². The van der Waals surface area contributed by atoms with Gasteiger partial charge in [-0.1, -0.05) is 12.5 Å². The summed E-state index contributed by atoms with van der Waals surface area (Å²) in [5, 5.41) is 23.7. The van der Waals surface area contributed by atoms with E-state index in [1.165, 1.54) is 24.8 Å². The number of rotatable bonds is 24. The Balaban J connectivity index is 0.853. The van der Waals surface area contributed by atoms with Gasteiger partial charge >= 0.3 is 0 Å². The van der Waals surface area contributed by atoms with Crippen LogP contribution in [0.5, 0.6) is 11.5 Å². The molecule has 2 aliphatic heterocycles. The number of benzene rings is 1. The van der Waals surface area contributed by atoms with Crippen LogP contribution in [0.2, 0.25) is 0 Å². The summed E-state index contributed by atoms with van der Waals surface area (Å²) in [5.41, 5.74) is 0.812. The number of likely N-dealkylation sites (tertiary alicyclic amines) is 1. The van der Waals surface area contributed by atoms with Gasteiger partial charge in [-0.2, -0.15) is 0 Å². The van der Waals surface area contributed by atoms with E-state index in [0.717, 1.165) is 37.4 Å². The van der Waals surface area contributed by atoms with E-state index in [0.29, 0.717) is 117 Å². The van der Waals surface area contributed by atoms with Gasteiger partial charge in [0.25, 0.3) is 0 Å². The van der Waals surface area contributed by atoms with Crippen molar-refractivity contribution in [3.8, 4) is 11.5 Å². The zero-order valence-electron chi connectivity index (χ0n) is 28.7. The van der Waals surface area contributed by atoms with Crippen LogP contribution in [0.3, 0.4) is 0 Å². The van der Waals surface area contributed by atoms with Gasteiger partial charge in [0.15, 0.2) is 11.5 Å². The molecule has 0 unspecified atom stereocenters. The molecule has 2 saturated carbocycles. The highest BCUT2D eigenvalue weighted by atomic mass is 16.6. The maximum absolute atomic E-state index is 12.5. The molecule has 272 valence electrons. The number of aliphatic hydroxyl groups excluding tert-OH is 1. The molecule has 0 aromatic heterocycles. The van der Waals surface area contributed by atoms with Gasteiger partial charge in [0.2, 0.25) is 0 Å². The molecule has 1 saturated heterocycles. The Labute approximate surface area is 285 Å². The van der Waals surface area contributed by atoms with Gasteiger partial charge in [-0.05, 0) is 62.6 Å². The number of aliphatic hydroxyl groups is 2. The van der Waals surface area contributed by atoms with E-state index in [1.807, 2.05) is 6.07 Å². The minimum Gasteiger partial charge on any atom is -0.487 e. The van der Waals surface area contributed by atoms with Crippen molar-refractivity contribution in [2.75, 3.05) is 113 Å². The van der Waals surface area contributed by atoms with E-state index in [1.54, 1.807) is 7.11 Å². The van der Waals surface area contributed by atoms with Crippen molar-refractivity contribution >= 4 is 0 Å². The lowest BCUT2D eigenvalue weighted by molar-refractivity contribution is -0.209. The lowest BCUT2D eigenvalue weighted by Crippen LogP contribution is -2.77. The Hall–Kier alpha value is -1.58. The molecule has 12 nitrogen and oxygen atoms in total. The molecule has 2 heterocycles. The van der Waals surface area contributed by atoms with Gasteiger partial charge in [0.1, 0.15) is 12.7 Å². The van der Waals surface area contributed by atoms with Crippen molar-refractivity contribution in [1.82, 2.24) is 4.90 Å². The van der Waals surface area contributed by atoms with Crippen LogP contribution in [-0.4, -0.2) is 152 Å². The average molecular weight is 680 g/mol. The van der Waals surface area contributed by atoms with Crippen LogP contribution in [-0.2, 0) is 45.0 Å². The first-order valence-corrected chi connectivity index (χ1v) is 18.1. The molecule has 2 bridgehead atoms. The van der Waals surface area contributed by atoms with Gasteiger partial charge in [-0.3, -0.25) is 4.90 Å². The van der Waals surface area contributed by atoms with Crippen molar-refractivity contribution in [2.24, 2.45) is 5.92 Å². The molecule has 3 aliphatic carbocycles. The monoisotopic (exact) mass is 679 g/mol. The second-order valence-corrected chi connectivity index (χ2v) is 13.7. The summed E-state index contributed by atoms with van der Waals surface area (Å²) in [6.45, 7) is 9.02. The molecule has 1 spiro atoms. The summed E-state index contributed by atoms with van der Waals surface area (Å²) in [6, 6.07) is 4.21. The predicted molar refractivity (Wildman–Crippen MR) is 176 cm³/mol. The second kappa shape index (κ2) is 17.6. The van der Waals surface area contributed by atoms with Gasteiger partial charge in [-0.25, -0.2) is 0 Å². The maximum Gasteiger partial charge on any atom is 0.166 e. The third kappa shape index (κ3) is 7.83. The Bertz CT molecular complexity index is 1140. The molecule has 3 fully saturated rings. The van der Waals surface area contributed by atoms with E-state index in [-0.39, 0.29) is 6.04 Å². The Morgan fingerprint density at radius 1 is 0.771 bits per heavy atom. The number of methoxy groups -OCH3 is 1. The normalized spacial score (nSPS) is 29.0. The van der Waals surface area contributed by atoms with Crippen molar-refractivity contribution in [2.45, 2.75) is 74.2 Å². The fourth-order valence-electron chi connectivity index (χ4n) is 8.49. The summed E-state index contributed by atoms with van der Waals surface area (Å²) in [6.07, 6.45) is 5.62. The molecule has 5 aliphatic rings. The predicted octanol–water partition coefficient (Wildman–Crippen LogP) is 2.13. The first-order valence-electron chi connectivity index (χ1n) is 18.1. The lowest BCUT2D eigenvalue weighted by atomic mass is 9.48. The Morgan fingerprint density at radius 3 is 1.92 bits per heavy atom. The third-order valence-electron chi connectivity index (χ3n) is 11.0. The highest BCUT2D eigenvalue weighted by molar-refractivity contribution is 5.63. The van der Waals surface area contributed by atoms with E-state index in [2.05, 4.69) is 11.0 Å². The van der Waals surface area contributed by atoms with Gasteiger partial charge in [0.05, 0.1) is 103 Å². The standard InChI is InChI=1S/C36H57NO11/c1-40-11-12-41-13-14-42-15-16-43-17-18-44-19-20-45-21-22-46-23-24-47-30-6-5-28-25-31-36(39)8-7-29(38)34-35(36,32(28)33(30)48-34)9-10-37(31)26-27-3-2-4-27/h5-6,27,29,31,34,38-39H,2-4,7-26H2,1H3/t29-,31+,34-,35-,36+/m0/s1. The largest absolute Gasteiger partial charge is 0.487 e. The van der Waals surface area contributed by atoms with Crippen molar-refractivity contribution in [1.29, 1.82) is 0 Å². The zero-order chi connectivity index (χ0) is 33.2. The zero-order valence-corrected chi connectivity index (χ0v) is 28.7. The van der Waals surface area contributed by atoms with Crippen LogP contribution in [0, 0.1) is 5.92 Å². The fraction of sp³-hybridized carbons (Fsp3) is 0.833. The highest BCUT2D eigenvalue weighted by Gasteiger charge is 2.73. The molecular weight excluding hydrogens is 622 g/mol. The maximum atomic E-state index is 12.5. The molecule has 0 radical (unpaired) electrons. The molecule has 5 atom stereocenters. The van der Waals surface area contributed by atoms with Crippen LogP contribution in [0.25, 0.3) is 0 Å². The SMILES string of the molecule is COCCOCCOCCOCCOCCOCCOCCOc1ccc2c3c1O[C@H]1[C@@H](O)CC[C@@]4(O)[C@@H](C2)N(CC2CCC2)CC[C@]314. The molecule has 1 aromatic carbocycles. The molecule has 2 N–H and O–H groups in total. The molecule has 0 amide bonds. The van der Waals surface area contributed by atoms with Crippen LogP contribution in [0.15, 0.2) is 12.1 Å². The molecule has 1 aromatic rings. The summed E-state index contributed by atoms with van der Waals surface area (Å²) in [7, 11) is 1.65. The van der Waals surface area contributed by atoms with Crippen molar-refractivity contribution < 1.29 is 52.8 Å². The number of hydrogen-bond donors (Lipinski definition) is 2. The van der Waals surface area contributed by atoms with E-state index < -0.39 is 23.2 Å². The number of nitrogens with zero attached hydrogens (tertiary/aromatic N) is 1. The van der Waals surface area contributed by atoms with Crippen LogP contribution in [0.1, 0.15) is 49.7 Å².